The van der Waals surface area contributed by atoms with E-state index >= 15 is 0 Å². The molecule has 1 heterocycles. The zero-order valence-electron chi connectivity index (χ0n) is 13.4. The second kappa shape index (κ2) is 10.5. The van der Waals surface area contributed by atoms with E-state index in [9.17, 15) is 18.0 Å². The standard InChI is InChI=1S/C12H14F3N2O.C2H5NO.K/c1-8-5-6-11(16-8)17-9-3-2-4-10(7-9)18-12(13,14)15;1-2(3)4;/h2-4,7-8,11,16H,5-6H2,1H3;1H3,(H2,3,4);/q-1;;+1. The van der Waals surface area contributed by atoms with Crippen LogP contribution < -0.4 is 67.2 Å². The molecular weight excluding hydrogens is 338 g/mol. The molecule has 3 N–H and O–H groups in total. The summed E-state index contributed by atoms with van der Waals surface area (Å²) >= 11 is 0. The predicted molar refractivity (Wildman–Crippen MR) is 76.6 cm³/mol. The number of halogens is 3. The minimum atomic E-state index is -4.67. The van der Waals surface area contributed by atoms with Gasteiger partial charge in [0.25, 0.3) is 0 Å². The van der Waals surface area contributed by atoms with Gasteiger partial charge in [-0.05, 0) is 25.5 Å². The first kappa shape index (κ1) is 22.7. The maximum atomic E-state index is 12.1. The molecule has 1 fully saturated rings. The SMILES string of the molecule is CC(N)=O.CC1CCC([N-]c2cccc(OC(F)(F)F)c2)N1.[K+]. The number of carbonyl (C=O) groups excluding carboxylic acids is 1. The Hall–Kier alpha value is -0.324. The van der Waals surface area contributed by atoms with E-state index in [0.717, 1.165) is 12.8 Å². The van der Waals surface area contributed by atoms with Crippen LogP contribution in [0.1, 0.15) is 26.7 Å². The molecule has 1 aromatic carbocycles. The minimum Gasteiger partial charge on any atom is -0.670 e. The number of amides is 1. The van der Waals surface area contributed by atoms with E-state index in [4.69, 9.17) is 0 Å². The molecule has 2 unspecified atom stereocenters. The van der Waals surface area contributed by atoms with Gasteiger partial charge in [-0.25, -0.2) is 0 Å². The number of alkyl halides is 3. The monoisotopic (exact) mass is 357 g/mol. The minimum absolute atomic E-state index is 0. The van der Waals surface area contributed by atoms with E-state index in [1.807, 2.05) is 0 Å². The van der Waals surface area contributed by atoms with Crippen LogP contribution in [-0.2, 0) is 4.79 Å². The molecule has 2 rings (SSSR count). The second-order valence-electron chi connectivity index (χ2n) is 4.95. The van der Waals surface area contributed by atoms with E-state index in [1.165, 1.54) is 25.1 Å². The van der Waals surface area contributed by atoms with Gasteiger partial charge in [-0.3, -0.25) is 4.79 Å². The van der Waals surface area contributed by atoms with Crippen LogP contribution in [0.3, 0.4) is 0 Å². The number of hydrogen-bond donors (Lipinski definition) is 2. The Labute approximate surface area is 175 Å². The van der Waals surface area contributed by atoms with Crippen LogP contribution in [0.25, 0.3) is 5.32 Å². The molecule has 0 saturated carbocycles. The molecule has 0 aromatic heterocycles. The normalized spacial score (nSPS) is 19.9. The summed E-state index contributed by atoms with van der Waals surface area (Å²) in [5.74, 6) is -0.574. The third-order valence-electron chi connectivity index (χ3n) is 2.71. The van der Waals surface area contributed by atoms with Crippen molar-refractivity contribution in [2.75, 3.05) is 0 Å². The van der Waals surface area contributed by atoms with Gasteiger partial charge in [-0.2, -0.15) is 0 Å². The molecule has 0 bridgehead atoms. The van der Waals surface area contributed by atoms with E-state index < -0.39 is 6.36 Å². The second-order valence-corrected chi connectivity index (χ2v) is 4.95. The van der Waals surface area contributed by atoms with Crippen LogP contribution in [0.15, 0.2) is 24.3 Å². The van der Waals surface area contributed by atoms with E-state index in [1.54, 1.807) is 6.07 Å². The molecule has 0 spiro atoms. The summed E-state index contributed by atoms with van der Waals surface area (Å²) in [4.78, 5) is 9.22. The molecule has 1 aromatic rings. The van der Waals surface area contributed by atoms with E-state index in [2.05, 4.69) is 28.0 Å². The summed E-state index contributed by atoms with van der Waals surface area (Å²) in [7, 11) is 0. The third-order valence-corrected chi connectivity index (χ3v) is 2.71. The zero-order valence-corrected chi connectivity index (χ0v) is 16.5. The molecule has 9 heteroatoms. The van der Waals surface area contributed by atoms with Crippen LogP contribution in [-0.4, -0.2) is 24.5 Å². The van der Waals surface area contributed by atoms with Gasteiger partial charge in [0.05, 0.1) is 0 Å². The van der Waals surface area contributed by atoms with Crippen LogP contribution in [0.4, 0.5) is 18.9 Å². The topological polar surface area (TPSA) is 78.5 Å². The smallest absolute Gasteiger partial charge is 0.670 e. The summed E-state index contributed by atoms with van der Waals surface area (Å²) in [6.07, 6.45) is -2.78. The first-order chi connectivity index (χ1) is 10.2. The molecule has 1 amide bonds. The third kappa shape index (κ3) is 11.0. The van der Waals surface area contributed by atoms with Gasteiger partial charge in [-0.1, -0.05) is 24.7 Å². The van der Waals surface area contributed by atoms with Crippen molar-refractivity contribution in [3.05, 3.63) is 29.6 Å². The van der Waals surface area contributed by atoms with Gasteiger partial charge in [0, 0.05) is 13.0 Å². The summed E-state index contributed by atoms with van der Waals surface area (Å²) in [6, 6.07) is 6.11. The number of nitrogens with two attached hydrogens (primary N) is 1. The quantitative estimate of drug-likeness (QED) is 0.758. The maximum absolute atomic E-state index is 12.1. The van der Waals surface area contributed by atoms with Gasteiger partial charge in [-0.15, -0.1) is 18.9 Å². The van der Waals surface area contributed by atoms with Gasteiger partial charge in [0.15, 0.2) is 0 Å². The predicted octanol–water partition coefficient (Wildman–Crippen LogP) is 0.184. The number of ether oxygens (including phenoxy) is 1. The number of primary amides is 1. The maximum Gasteiger partial charge on any atom is 1.00 e. The van der Waals surface area contributed by atoms with Crippen molar-refractivity contribution in [2.24, 2.45) is 5.73 Å². The Morgan fingerprint density at radius 3 is 2.48 bits per heavy atom. The van der Waals surface area contributed by atoms with Crippen LogP contribution in [0, 0.1) is 0 Å². The Kier molecular flexibility index (Phi) is 10.4. The van der Waals surface area contributed by atoms with Crippen molar-refractivity contribution < 1.29 is 74.1 Å². The molecule has 1 aliphatic rings. The van der Waals surface area contributed by atoms with Crippen LogP contribution in [0.5, 0.6) is 5.75 Å². The average molecular weight is 357 g/mol. The molecule has 0 radical (unpaired) electrons. The Bertz CT molecular complexity index is 496. The van der Waals surface area contributed by atoms with Crippen molar-refractivity contribution >= 4 is 11.6 Å². The van der Waals surface area contributed by atoms with E-state index in [0.29, 0.717) is 11.7 Å². The van der Waals surface area contributed by atoms with Crippen LogP contribution >= 0.6 is 0 Å². The molecule has 1 saturated heterocycles. The number of hydrogen-bond acceptors (Lipinski definition) is 3. The van der Waals surface area contributed by atoms with Crippen molar-refractivity contribution in [1.29, 1.82) is 0 Å². The molecule has 124 valence electrons. The van der Waals surface area contributed by atoms with Gasteiger partial charge in [0.2, 0.25) is 5.91 Å². The van der Waals surface area contributed by atoms with Crippen molar-refractivity contribution in [3.63, 3.8) is 0 Å². The number of nitrogens with zero attached hydrogens (tertiary/aromatic N) is 1. The Morgan fingerprint density at radius 1 is 1.39 bits per heavy atom. The summed E-state index contributed by atoms with van der Waals surface area (Å²) in [5, 5.41) is 7.58. The molecule has 2 atom stereocenters. The fourth-order valence-corrected chi connectivity index (χ4v) is 1.95. The van der Waals surface area contributed by atoms with Crippen molar-refractivity contribution in [2.45, 2.75) is 45.3 Å². The number of carbonyl (C=O) groups is 1. The van der Waals surface area contributed by atoms with Gasteiger partial charge < -0.3 is 21.1 Å². The number of benzene rings is 1. The first-order valence-corrected chi connectivity index (χ1v) is 6.74. The Morgan fingerprint density at radius 2 is 2.00 bits per heavy atom. The van der Waals surface area contributed by atoms with Crippen molar-refractivity contribution in [3.8, 4) is 5.75 Å². The first-order valence-electron chi connectivity index (χ1n) is 6.74. The molecule has 0 aliphatic carbocycles. The average Bonchev–Trinajstić information content (AvgIpc) is 2.72. The van der Waals surface area contributed by atoms with Crippen molar-refractivity contribution in [1.82, 2.24) is 5.32 Å². The van der Waals surface area contributed by atoms with Gasteiger partial charge in [0.1, 0.15) is 5.75 Å². The fourth-order valence-electron chi connectivity index (χ4n) is 1.95. The molecule has 5 nitrogen and oxygen atoms in total. The molecular formula is C14H19F3KN3O2. The van der Waals surface area contributed by atoms with Crippen LogP contribution in [0.2, 0.25) is 0 Å². The largest absolute Gasteiger partial charge is 1.00 e. The molecule has 23 heavy (non-hydrogen) atoms. The van der Waals surface area contributed by atoms with E-state index in [-0.39, 0.29) is 69.2 Å². The summed E-state index contributed by atoms with van der Waals surface area (Å²) < 4.78 is 40.0. The number of rotatable bonds is 3. The summed E-state index contributed by atoms with van der Waals surface area (Å²) in [5.41, 5.74) is 4.96. The Balaban J connectivity index is 0.000000871. The van der Waals surface area contributed by atoms with Gasteiger partial charge >= 0.3 is 57.7 Å². The summed E-state index contributed by atoms with van der Waals surface area (Å²) in [6.45, 7) is 3.36. The number of nitrogens with one attached hydrogen (secondary N) is 1. The molecule has 1 aliphatic heterocycles. The zero-order chi connectivity index (χ0) is 16.8. The fraction of sp³-hybridized carbons (Fsp3) is 0.500.